The lowest BCUT2D eigenvalue weighted by Crippen LogP contribution is -2.70. The predicted octanol–water partition coefficient (Wildman–Crippen LogP) is 1.77. The van der Waals surface area contributed by atoms with Gasteiger partial charge in [0, 0.05) is 5.69 Å². The zero-order valence-electron chi connectivity index (χ0n) is 16.7. The molecule has 0 fully saturated rings. The van der Waals surface area contributed by atoms with Crippen LogP contribution in [0.4, 0.5) is 5.69 Å². The standard InChI is InChI=1S/C20H30N6O3/c1-2-3-4-5-6-7-8-15-9-11-16(12-10-15)26-14-23-25-17(26)20(13-27,18(28)29)24-19(21)22/h9-14,17,25H,2-8H2,1H3,(H,28,29)(H4,21,22,24). The molecule has 1 heterocycles. The molecule has 2 atom stereocenters. The molecule has 0 aliphatic carbocycles. The first-order valence-electron chi connectivity index (χ1n) is 9.92. The second kappa shape index (κ2) is 10.4. The minimum atomic E-state index is -2.17. The Bertz CT molecular complexity index is 736. The van der Waals surface area contributed by atoms with Gasteiger partial charge in [0.15, 0.2) is 18.4 Å². The molecule has 0 saturated carbocycles. The molecule has 0 saturated heterocycles. The van der Waals surface area contributed by atoms with E-state index in [1.807, 2.05) is 24.3 Å². The quantitative estimate of drug-likeness (QED) is 0.118. The molecule has 158 valence electrons. The first-order chi connectivity index (χ1) is 13.9. The molecule has 0 bridgehead atoms. The van der Waals surface area contributed by atoms with E-state index in [9.17, 15) is 14.7 Å². The summed E-state index contributed by atoms with van der Waals surface area (Å²) in [6.07, 6.45) is 8.97. The van der Waals surface area contributed by atoms with Gasteiger partial charge in [0.2, 0.25) is 5.54 Å². The number of guanidine groups is 1. The van der Waals surface area contributed by atoms with Crippen molar-refractivity contribution in [2.75, 3.05) is 4.90 Å². The first-order valence-corrected chi connectivity index (χ1v) is 9.92. The maximum Gasteiger partial charge on any atom is 0.341 e. The average Bonchev–Trinajstić information content (AvgIpc) is 3.19. The zero-order valence-corrected chi connectivity index (χ0v) is 16.7. The lowest BCUT2D eigenvalue weighted by molar-refractivity contribution is -0.147. The van der Waals surface area contributed by atoms with E-state index in [0.717, 1.165) is 12.8 Å². The largest absolute Gasteiger partial charge is 0.479 e. The number of aryl methyl sites for hydroxylation is 1. The van der Waals surface area contributed by atoms with E-state index in [4.69, 9.17) is 11.1 Å². The smallest absolute Gasteiger partial charge is 0.341 e. The fraction of sp³-hybridized carbons (Fsp3) is 0.500. The maximum absolute atomic E-state index is 11.9. The van der Waals surface area contributed by atoms with Crippen molar-refractivity contribution < 1.29 is 14.7 Å². The number of hydrogen-bond acceptors (Lipinski definition) is 6. The van der Waals surface area contributed by atoms with Crippen LogP contribution in [-0.2, 0) is 16.0 Å². The zero-order chi connectivity index (χ0) is 21.3. The van der Waals surface area contributed by atoms with Gasteiger partial charge in [-0.25, -0.2) is 4.79 Å². The molecule has 0 aromatic heterocycles. The highest BCUT2D eigenvalue weighted by molar-refractivity contribution is 6.04. The second-order valence-electron chi connectivity index (χ2n) is 7.20. The Kier molecular flexibility index (Phi) is 7.99. The third kappa shape index (κ3) is 5.46. The van der Waals surface area contributed by atoms with Gasteiger partial charge in [0.05, 0.1) is 0 Å². The predicted molar refractivity (Wildman–Crippen MR) is 113 cm³/mol. The van der Waals surface area contributed by atoms with Gasteiger partial charge in [-0.3, -0.25) is 15.6 Å². The van der Waals surface area contributed by atoms with Crippen molar-refractivity contribution >= 4 is 30.2 Å². The van der Waals surface area contributed by atoms with E-state index in [-0.39, 0.29) is 6.29 Å². The van der Waals surface area contributed by atoms with Crippen molar-refractivity contribution in [3.8, 4) is 0 Å². The molecular formula is C20H30N6O3. The molecule has 2 unspecified atom stereocenters. The van der Waals surface area contributed by atoms with Gasteiger partial charge < -0.3 is 21.1 Å². The molecule has 0 amide bonds. The molecule has 9 heteroatoms. The fourth-order valence-corrected chi connectivity index (χ4v) is 3.38. The van der Waals surface area contributed by atoms with E-state index in [2.05, 4.69) is 22.8 Å². The van der Waals surface area contributed by atoms with Crippen LogP contribution in [0, 0.1) is 5.41 Å². The summed E-state index contributed by atoms with van der Waals surface area (Å²) in [6, 6.07) is 7.71. The van der Waals surface area contributed by atoms with Crippen LogP contribution >= 0.6 is 0 Å². The van der Waals surface area contributed by atoms with Crippen LogP contribution in [0.15, 0.2) is 29.4 Å². The molecule has 1 aliphatic rings. The van der Waals surface area contributed by atoms with Gasteiger partial charge in [-0.1, -0.05) is 51.2 Å². The number of hydrazone groups is 1. The number of anilines is 1. The second-order valence-corrected chi connectivity index (χ2v) is 7.20. The first kappa shape index (κ1) is 22.2. The number of carboxylic acids is 1. The number of nitrogens with zero attached hydrogens (tertiary/aromatic N) is 2. The van der Waals surface area contributed by atoms with E-state index in [1.54, 1.807) is 0 Å². The Hall–Kier alpha value is -3.10. The lowest BCUT2D eigenvalue weighted by atomic mass is 9.96. The summed E-state index contributed by atoms with van der Waals surface area (Å²) in [7, 11) is 0. The van der Waals surface area contributed by atoms with Crippen molar-refractivity contribution in [3.63, 3.8) is 0 Å². The number of nitrogens with two attached hydrogens (primary N) is 1. The SMILES string of the molecule is CCCCCCCCc1ccc(N2C=NNC2C(C=O)(NC(=N)N)C(=O)O)cc1. The van der Waals surface area contributed by atoms with E-state index >= 15 is 0 Å². The van der Waals surface area contributed by atoms with Crippen LogP contribution in [0.25, 0.3) is 0 Å². The minimum absolute atomic E-state index is 0.225. The Labute approximate surface area is 170 Å². The maximum atomic E-state index is 11.9. The normalized spacial score (nSPS) is 17.4. The highest BCUT2D eigenvalue weighted by Gasteiger charge is 2.51. The van der Waals surface area contributed by atoms with E-state index in [0.29, 0.717) is 5.69 Å². The summed E-state index contributed by atoms with van der Waals surface area (Å²) in [5.74, 6) is -2.09. The van der Waals surface area contributed by atoms with Crippen molar-refractivity contribution in [2.24, 2.45) is 10.8 Å². The molecule has 29 heavy (non-hydrogen) atoms. The van der Waals surface area contributed by atoms with Crippen LogP contribution in [0.1, 0.15) is 51.0 Å². The third-order valence-electron chi connectivity index (χ3n) is 5.02. The van der Waals surface area contributed by atoms with Gasteiger partial charge in [-0.05, 0) is 30.5 Å². The van der Waals surface area contributed by atoms with Crippen LogP contribution in [0.5, 0.6) is 0 Å². The summed E-state index contributed by atoms with van der Waals surface area (Å²) in [4.78, 5) is 25.1. The fourth-order valence-electron chi connectivity index (χ4n) is 3.38. The van der Waals surface area contributed by atoms with Crippen LogP contribution in [0.2, 0.25) is 0 Å². The van der Waals surface area contributed by atoms with Gasteiger partial charge in [-0.15, -0.1) is 0 Å². The summed E-state index contributed by atoms with van der Waals surface area (Å²) in [6.45, 7) is 2.21. The number of hydrogen-bond donors (Lipinski definition) is 5. The number of rotatable bonds is 12. The monoisotopic (exact) mass is 402 g/mol. The number of benzene rings is 1. The molecule has 2 rings (SSSR count). The van der Waals surface area contributed by atoms with Crippen molar-refractivity contribution in [1.82, 2.24) is 10.7 Å². The van der Waals surface area contributed by atoms with Gasteiger partial charge >= 0.3 is 5.97 Å². The summed E-state index contributed by atoms with van der Waals surface area (Å²) < 4.78 is 0. The summed E-state index contributed by atoms with van der Waals surface area (Å²) >= 11 is 0. The lowest BCUT2D eigenvalue weighted by Gasteiger charge is -2.35. The Morgan fingerprint density at radius 2 is 1.97 bits per heavy atom. The van der Waals surface area contributed by atoms with Gasteiger partial charge in [0.1, 0.15) is 6.34 Å². The van der Waals surface area contributed by atoms with Crippen LogP contribution in [0.3, 0.4) is 0 Å². The number of carbonyl (C=O) groups is 2. The highest BCUT2D eigenvalue weighted by Crippen LogP contribution is 2.24. The van der Waals surface area contributed by atoms with Crippen LogP contribution < -0.4 is 21.4 Å². The van der Waals surface area contributed by atoms with E-state index < -0.39 is 23.6 Å². The Balaban J connectivity index is 2.06. The number of unbranched alkanes of at least 4 members (excludes halogenated alkanes) is 5. The molecule has 0 spiro atoms. The number of nitrogens with one attached hydrogen (secondary N) is 3. The average molecular weight is 402 g/mol. The van der Waals surface area contributed by atoms with Gasteiger partial charge in [-0.2, -0.15) is 5.10 Å². The molecule has 6 N–H and O–H groups in total. The molecule has 1 aromatic carbocycles. The van der Waals surface area contributed by atoms with Crippen molar-refractivity contribution in [2.45, 2.75) is 63.6 Å². The summed E-state index contributed by atoms with van der Waals surface area (Å²) in [5, 5.41) is 23.2. The van der Waals surface area contributed by atoms with Crippen molar-refractivity contribution in [1.29, 1.82) is 5.41 Å². The molecule has 1 aliphatic heterocycles. The molecule has 9 nitrogen and oxygen atoms in total. The minimum Gasteiger partial charge on any atom is -0.479 e. The number of carboxylic acid groups (broad SMARTS) is 1. The van der Waals surface area contributed by atoms with Crippen molar-refractivity contribution in [3.05, 3.63) is 29.8 Å². The molecule has 0 radical (unpaired) electrons. The summed E-state index contributed by atoms with van der Waals surface area (Å²) in [5.41, 5.74) is 7.64. The van der Waals surface area contributed by atoms with Crippen LogP contribution in [-0.4, -0.2) is 41.4 Å². The Morgan fingerprint density at radius 3 is 2.55 bits per heavy atom. The number of carbonyl (C=O) groups excluding carboxylic acids is 1. The highest BCUT2D eigenvalue weighted by atomic mass is 16.4. The number of aldehydes is 1. The topological polar surface area (TPSA) is 144 Å². The van der Waals surface area contributed by atoms with E-state index in [1.165, 1.54) is 48.9 Å². The number of aliphatic carboxylic acids is 1. The third-order valence-corrected chi connectivity index (χ3v) is 5.02. The van der Waals surface area contributed by atoms with Gasteiger partial charge in [0.25, 0.3) is 0 Å². The molecule has 1 aromatic rings. The molecular weight excluding hydrogens is 372 g/mol. The Morgan fingerprint density at radius 1 is 1.31 bits per heavy atom.